The Morgan fingerprint density at radius 2 is 2.00 bits per heavy atom. The smallest absolute Gasteiger partial charge is 0.346 e. The highest BCUT2D eigenvalue weighted by Crippen LogP contribution is 2.28. The van der Waals surface area contributed by atoms with Crippen LogP contribution in [0, 0.1) is 6.92 Å². The molecule has 36 heavy (non-hydrogen) atoms. The second kappa shape index (κ2) is 10.4. The largest absolute Gasteiger partial charge is 0.477 e. The van der Waals surface area contributed by atoms with Crippen LogP contribution in [-0.4, -0.2) is 43.6 Å². The van der Waals surface area contributed by atoms with Crippen LogP contribution < -0.4 is 15.3 Å². The van der Waals surface area contributed by atoms with Gasteiger partial charge in [0.1, 0.15) is 22.1 Å². The van der Waals surface area contributed by atoms with E-state index in [-0.39, 0.29) is 0 Å². The monoisotopic (exact) mass is 538 g/mol. The number of carbonyl (C=O) groups is 1. The maximum absolute atomic E-state index is 11.2. The molecule has 10 heteroatoms. The fraction of sp³-hybridized carbons (Fsp3) is 0.269. The van der Waals surface area contributed by atoms with Gasteiger partial charge >= 0.3 is 5.97 Å². The van der Waals surface area contributed by atoms with E-state index in [1.165, 1.54) is 22.5 Å². The van der Waals surface area contributed by atoms with E-state index >= 15 is 0 Å². The molecule has 0 radical (unpaired) electrons. The van der Waals surface area contributed by atoms with Crippen molar-refractivity contribution in [2.24, 2.45) is 7.05 Å². The molecule has 3 aromatic heterocycles. The maximum atomic E-state index is 11.2. The van der Waals surface area contributed by atoms with Gasteiger partial charge in [-0.2, -0.15) is 0 Å². The molecule has 186 valence electrons. The minimum atomic E-state index is -0.908. The van der Waals surface area contributed by atoms with E-state index in [1.807, 2.05) is 17.7 Å². The molecular formula is C26H28N4O3P2S. The molecule has 1 N–H and O–H groups in total. The van der Waals surface area contributed by atoms with E-state index in [2.05, 4.69) is 65.6 Å². The molecule has 0 saturated carbocycles. The van der Waals surface area contributed by atoms with Crippen molar-refractivity contribution >= 4 is 62.3 Å². The van der Waals surface area contributed by atoms with Crippen molar-refractivity contribution < 1.29 is 14.6 Å². The third kappa shape index (κ3) is 5.23. The van der Waals surface area contributed by atoms with Crippen molar-refractivity contribution in [1.82, 2.24) is 19.4 Å². The minimum Gasteiger partial charge on any atom is -0.477 e. The van der Waals surface area contributed by atoms with Crippen LogP contribution in [0.15, 0.2) is 42.5 Å². The van der Waals surface area contributed by atoms with Crippen LogP contribution in [-0.2, 0) is 20.2 Å². The summed E-state index contributed by atoms with van der Waals surface area (Å²) in [4.78, 5) is 24.2. The highest BCUT2D eigenvalue weighted by molar-refractivity contribution is 7.27. The number of carboxylic acids is 1. The predicted molar refractivity (Wildman–Crippen MR) is 152 cm³/mol. The van der Waals surface area contributed by atoms with Crippen molar-refractivity contribution in [1.29, 1.82) is 0 Å². The summed E-state index contributed by atoms with van der Waals surface area (Å²) in [5.41, 5.74) is 5.39. The van der Waals surface area contributed by atoms with Gasteiger partial charge in [0.05, 0.1) is 17.8 Å². The second-order valence-corrected chi connectivity index (χ2v) is 11.3. The van der Waals surface area contributed by atoms with E-state index in [0.29, 0.717) is 23.9 Å². The Labute approximate surface area is 218 Å². The third-order valence-electron chi connectivity index (χ3n) is 6.43. The second-order valence-electron chi connectivity index (χ2n) is 8.99. The molecule has 5 rings (SSSR count). The van der Waals surface area contributed by atoms with Gasteiger partial charge < -0.3 is 14.4 Å². The van der Waals surface area contributed by atoms with E-state index in [4.69, 9.17) is 9.72 Å². The number of hydrogen-bond acceptors (Lipinski definition) is 6. The quantitative estimate of drug-likeness (QED) is 0.360. The van der Waals surface area contributed by atoms with Crippen molar-refractivity contribution in [2.45, 2.75) is 26.5 Å². The number of thiophene rings is 1. The summed E-state index contributed by atoms with van der Waals surface area (Å²) in [5.74, 6) is 0.671. The van der Waals surface area contributed by atoms with Gasteiger partial charge in [-0.05, 0) is 48.0 Å². The number of benzene rings is 1. The number of imidazole rings is 1. The first-order valence-electron chi connectivity index (χ1n) is 11.6. The standard InChI is InChI=1S/C26H28N4O3P2S/c1-15-3-4-17(21(35)11-15)14-33-24-20(34)6-5-18(27-24)16-7-9-30(10-8-16)13-23-28-25-19(29(23)2)12-22(36-25)26(31)32/h3-7,11-12H,8-10,13-14,34-35H2,1-2H3,(H,31,32). The summed E-state index contributed by atoms with van der Waals surface area (Å²) in [6, 6.07) is 12.1. The molecule has 0 aliphatic carbocycles. The predicted octanol–water partition coefficient (Wildman–Crippen LogP) is 3.91. The zero-order chi connectivity index (χ0) is 25.4. The number of ether oxygens (including phenoxy) is 1. The molecule has 1 aliphatic heterocycles. The lowest BCUT2D eigenvalue weighted by Crippen LogP contribution is -2.29. The van der Waals surface area contributed by atoms with Gasteiger partial charge in [-0.15, -0.1) is 20.6 Å². The molecule has 1 aliphatic rings. The lowest BCUT2D eigenvalue weighted by atomic mass is 10.0. The first-order valence-corrected chi connectivity index (χ1v) is 13.6. The first kappa shape index (κ1) is 25.0. The number of aromatic nitrogens is 3. The third-order valence-corrected chi connectivity index (χ3v) is 8.41. The fourth-order valence-corrected chi connectivity index (χ4v) is 5.90. The van der Waals surface area contributed by atoms with Gasteiger partial charge in [0.15, 0.2) is 0 Å². The summed E-state index contributed by atoms with van der Waals surface area (Å²) in [6.07, 6.45) is 3.12. The van der Waals surface area contributed by atoms with Crippen LogP contribution in [0.25, 0.3) is 15.9 Å². The Morgan fingerprint density at radius 3 is 2.69 bits per heavy atom. The Kier molecular flexibility index (Phi) is 7.23. The number of hydrogen-bond donors (Lipinski definition) is 1. The molecule has 2 atom stereocenters. The van der Waals surface area contributed by atoms with E-state index in [1.54, 1.807) is 6.07 Å². The topological polar surface area (TPSA) is 80.5 Å². The fourth-order valence-electron chi connectivity index (χ4n) is 4.30. The van der Waals surface area contributed by atoms with Crippen LogP contribution in [0.1, 0.15) is 38.7 Å². The summed E-state index contributed by atoms with van der Waals surface area (Å²) in [6.45, 7) is 4.96. The summed E-state index contributed by atoms with van der Waals surface area (Å²) >= 11 is 1.22. The average molecular weight is 539 g/mol. The molecule has 0 spiro atoms. The highest BCUT2D eigenvalue weighted by atomic mass is 32.1. The van der Waals surface area contributed by atoms with Gasteiger partial charge in [-0.25, -0.2) is 14.8 Å². The zero-order valence-electron chi connectivity index (χ0n) is 20.2. The summed E-state index contributed by atoms with van der Waals surface area (Å²) in [5, 5.41) is 11.3. The van der Waals surface area contributed by atoms with E-state index < -0.39 is 5.97 Å². The van der Waals surface area contributed by atoms with Gasteiger partial charge in [0.2, 0.25) is 5.88 Å². The zero-order valence-corrected chi connectivity index (χ0v) is 23.3. The Bertz CT molecular complexity index is 1490. The molecule has 4 aromatic rings. The average Bonchev–Trinajstić information content (AvgIpc) is 3.40. The van der Waals surface area contributed by atoms with Gasteiger partial charge in [-0.1, -0.05) is 39.1 Å². The van der Waals surface area contributed by atoms with Crippen molar-refractivity contribution in [3.05, 3.63) is 70.0 Å². The molecule has 1 aromatic carbocycles. The highest BCUT2D eigenvalue weighted by Gasteiger charge is 2.20. The number of pyridine rings is 1. The van der Waals surface area contributed by atoms with Crippen molar-refractivity contribution in [3.8, 4) is 5.88 Å². The van der Waals surface area contributed by atoms with Gasteiger partial charge in [-0.3, -0.25) is 4.90 Å². The first-order chi connectivity index (χ1) is 17.3. The number of aromatic carboxylic acids is 1. The lowest BCUT2D eigenvalue weighted by Gasteiger charge is -2.26. The molecule has 0 amide bonds. The maximum Gasteiger partial charge on any atom is 0.346 e. The Morgan fingerprint density at radius 1 is 1.17 bits per heavy atom. The van der Waals surface area contributed by atoms with E-state index in [9.17, 15) is 9.90 Å². The SMILES string of the molecule is Cc1ccc(COc2nc(C3=CCN(Cc4nc5sc(C(=O)O)cc5n4C)CC3)ccc2P)c(P)c1. The van der Waals surface area contributed by atoms with Gasteiger partial charge in [0.25, 0.3) is 0 Å². The summed E-state index contributed by atoms with van der Waals surface area (Å²) < 4.78 is 8.10. The molecule has 7 nitrogen and oxygen atoms in total. The van der Waals surface area contributed by atoms with Crippen LogP contribution in [0.5, 0.6) is 5.88 Å². The van der Waals surface area contributed by atoms with Crippen LogP contribution in [0.3, 0.4) is 0 Å². The summed E-state index contributed by atoms with van der Waals surface area (Å²) in [7, 11) is 7.44. The van der Waals surface area contributed by atoms with Gasteiger partial charge in [0, 0.05) is 25.4 Å². The van der Waals surface area contributed by atoms with E-state index in [0.717, 1.165) is 57.5 Å². The van der Waals surface area contributed by atoms with Crippen LogP contribution >= 0.6 is 29.8 Å². The molecule has 0 fully saturated rings. The Hall–Kier alpha value is -2.63. The van der Waals surface area contributed by atoms with Crippen LogP contribution in [0.2, 0.25) is 0 Å². The molecule has 0 saturated heterocycles. The molecule has 2 unspecified atom stereocenters. The van der Waals surface area contributed by atoms with Crippen LogP contribution in [0.4, 0.5) is 0 Å². The number of nitrogens with zero attached hydrogens (tertiary/aromatic N) is 4. The Balaban J connectivity index is 1.25. The number of carboxylic acid groups (broad SMARTS) is 1. The van der Waals surface area contributed by atoms with Crippen molar-refractivity contribution in [2.75, 3.05) is 13.1 Å². The number of aryl methyl sites for hydroxylation is 2. The lowest BCUT2D eigenvalue weighted by molar-refractivity contribution is 0.0702. The number of rotatable bonds is 7. The molecule has 0 bridgehead atoms. The normalized spacial score (nSPS) is 14.3. The van der Waals surface area contributed by atoms with Crippen molar-refractivity contribution in [3.63, 3.8) is 0 Å². The molecule has 4 heterocycles. The minimum absolute atomic E-state index is 0.320. The molecular weight excluding hydrogens is 510 g/mol. The number of fused-ring (bicyclic) bond motifs is 1.